The molecule has 20 heavy (non-hydrogen) atoms. The Kier molecular flexibility index (Phi) is 6.34. The third kappa shape index (κ3) is 4.38. The smallest absolute Gasteiger partial charge is 0.136 e. The quantitative estimate of drug-likeness (QED) is 0.813. The minimum absolute atomic E-state index is 0.318. The lowest BCUT2D eigenvalue weighted by Gasteiger charge is -2.18. The molecule has 2 nitrogen and oxygen atoms in total. The molecule has 0 aromatic heterocycles. The van der Waals surface area contributed by atoms with E-state index in [0.717, 1.165) is 21.2 Å². The minimum atomic E-state index is 0.318. The second-order valence-corrected chi connectivity index (χ2v) is 7.49. The molecule has 0 amide bonds. The summed E-state index contributed by atoms with van der Waals surface area (Å²) in [6.07, 6.45) is 0. The predicted octanol–water partition coefficient (Wildman–Crippen LogP) is 4.72. The lowest BCUT2D eigenvalue weighted by Crippen LogP contribution is -2.16. The molecule has 0 unspecified atom stereocenters. The summed E-state index contributed by atoms with van der Waals surface area (Å²) < 4.78 is 0.885. The van der Waals surface area contributed by atoms with Crippen molar-refractivity contribution < 1.29 is 5.11 Å². The van der Waals surface area contributed by atoms with Crippen molar-refractivity contribution >= 4 is 28.3 Å². The van der Waals surface area contributed by atoms with Gasteiger partial charge in [-0.3, -0.25) is 0 Å². The Balaban J connectivity index is 3.05. The molecule has 0 spiro atoms. The summed E-state index contributed by atoms with van der Waals surface area (Å²) in [6.45, 7) is 8.45. The molecule has 0 bridgehead atoms. The van der Waals surface area contributed by atoms with Crippen LogP contribution in [-0.4, -0.2) is 28.4 Å². The molecule has 1 N–H and O–H groups in total. The molecule has 0 aliphatic carbocycles. The zero-order valence-electron chi connectivity index (χ0n) is 13.2. The van der Waals surface area contributed by atoms with E-state index in [1.807, 2.05) is 19.0 Å². The SMILES string of the molecule is CC(C)c1cc(CSC(=S)N(C)C)cc(C(C)C)c1O. The van der Waals surface area contributed by atoms with Gasteiger partial charge in [0.15, 0.2) is 0 Å². The lowest BCUT2D eigenvalue weighted by atomic mass is 9.92. The number of hydrogen-bond acceptors (Lipinski definition) is 3. The van der Waals surface area contributed by atoms with Gasteiger partial charge in [-0.25, -0.2) is 0 Å². The number of thiocarbonyl (C=S) groups is 1. The van der Waals surface area contributed by atoms with Crippen molar-refractivity contribution in [1.82, 2.24) is 4.90 Å². The maximum atomic E-state index is 10.4. The van der Waals surface area contributed by atoms with E-state index in [0.29, 0.717) is 17.6 Å². The van der Waals surface area contributed by atoms with Gasteiger partial charge in [0.1, 0.15) is 10.1 Å². The predicted molar refractivity (Wildman–Crippen MR) is 93.9 cm³/mol. The van der Waals surface area contributed by atoms with Gasteiger partial charge in [-0.05, 0) is 28.5 Å². The van der Waals surface area contributed by atoms with Gasteiger partial charge < -0.3 is 10.0 Å². The first-order valence-electron chi connectivity index (χ1n) is 6.93. The summed E-state index contributed by atoms with van der Waals surface area (Å²) in [5.41, 5.74) is 3.29. The first-order valence-corrected chi connectivity index (χ1v) is 8.33. The molecule has 0 heterocycles. The average Bonchev–Trinajstić information content (AvgIpc) is 2.35. The second-order valence-electron chi connectivity index (χ2n) is 5.88. The highest BCUT2D eigenvalue weighted by Crippen LogP contribution is 2.35. The van der Waals surface area contributed by atoms with Crippen LogP contribution < -0.4 is 0 Å². The Morgan fingerprint density at radius 3 is 1.95 bits per heavy atom. The number of phenolic OH excluding ortho intramolecular Hbond substituents is 1. The maximum Gasteiger partial charge on any atom is 0.136 e. The van der Waals surface area contributed by atoms with Crippen molar-refractivity contribution in [3.05, 3.63) is 28.8 Å². The Bertz CT molecular complexity index is 452. The second kappa shape index (κ2) is 7.32. The fraction of sp³-hybridized carbons (Fsp3) is 0.562. The number of aromatic hydroxyl groups is 1. The van der Waals surface area contributed by atoms with Crippen LogP contribution in [0.2, 0.25) is 0 Å². The van der Waals surface area contributed by atoms with Gasteiger partial charge in [-0.1, -0.05) is 63.8 Å². The standard InChI is InChI=1S/C16H25NOS2/c1-10(2)13-7-12(9-20-16(19)17(5)6)8-14(11(3)4)15(13)18/h7-8,10-11,18H,9H2,1-6H3. The van der Waals surface area contributed by atoms with Crippen LogP contribution in [0.5, 0.6) is 5.75 Å². The van der Waals surface area contributed by atoms with Crippen LogP contribution in [0, 0.1) is 0 Å². The normalized spacial score (nSPS) is 11.2. The highest BCUT2D eigenvalue weighted by atomic mass is 32.2. The molecule has 0 aliphatic rings. The number of hydrogen-bond donors (Lipinski definition) is 1. The molecule has 0 saturated carbocycles. The first kappa shape index (κ1) is 17.3. The Morgan fingerprint density at radius 2 is 1.60 bits per heavy atom. The Labute approximate surface area is 132 Å². The third-order valence-electron chi connectivity index (χ3n) is 3.20. The van der Waals surface area contributed by atoms with E-state index >= 15 is 0 Å². The average molecular weight is 312 g/mol. The summed E-state index contributed by atoms with van der Waals surface area (Å²) in [5.74, 6) is 1.94. The molecule has 1 aromatic rings. The number of benzene rings is 1. The molecule has 0 aliphatic heterocycles. The highest BCUT2D eigenvalue weighted by molar-refractivity contribution is 8.22. The topological polar surface area (TPSA) is 23.5 Å². The fourth-order valence-electron chi connectivity index (χ4n) is 1.98. The van der Waals surface area contributed by atoms with Crippen molar-refractivity contribution in [3.8, 4) is 5.75 Å². The van der Waals surface area contributed by atoms with Gasteiger partial charge in [-0.2, -0.15) is 0 Å². The van der Waals surface area contributed by atoms with E-state index in [9.17, 15) is 5.11 Å². The zero-order valence-corrected chi connectivity index (χ0v) is 14.9. The maximum absolute atomic E-state index is 10.4. The van der Waals surface area contributed by atoms with Crippen LogP contribution in [0.25, 0.3) is 0 Å². The van der Waals surface area contributed by atoms with Crippen LogP contribution in [-0.2, 0) is 5.75 Å². The van der Waals surface area contributed by atoms with Gasteiger partial charge in [0, 0.05) is 19.8 Å². The molecule has 4 heteroatoms. The monoisotopic (exact) mass is 311 g/mol. The fourth-order valence-corrected chi connectivity index (χ4v) is 2.87. The molecule has 112 valence electrons. The first-order chi connectivity index (χ1) is 9.23. The van der Waals surface area contributed by atoms with Gasteiger partial charge in [-0.15, -0.1) is 0 Å². The summed E-state index contributed by atoms with van der Waals surface area (Å²) in [4.78, 5) is 1.95. The zero-order chi connectivity index (χ0) is 15.4. The van der Waals surface area contributed by atoms with Crippen molar-refractivity contribution in [2.24, 2.45) is 0 Å². The molecule has 0 radical (unpaired) electrons. The Hall–Kier alpha value is -0.740. The van der Waals surface area contributed by atoms with E-state index in [1.165, 1.54) is 5.56 Å². The van der Waals surface area contributed by atoms with Crippen LogP contribution in [0.3, 0.4) is 0 Å². The van der Waals surface area contributed by atoms with E-state index < -0.39 is 0 Å². The van der Waals surface area contributed by atoms with Crippen molar-refractivity contribution in [3.63, 3.8) is 0 Å². The van der Waals surface area contributed by atoms with Crippen LogP contribution in [0.15, 0.2) is 12.1 Å². The van der Waals surface area contributed by atoms with Crippen molar-refractivity contribution in [1.29, 1.82) is 0 Å². The van der Waals surface area contributed by atoms with E-state index in [-0.39, 0.29) is 0 Å². The molecule has 0 fully saturated rings. The van der Waals surface area contributed by atoms with Gasteiger partial charge in [0.05, 0.1) is 0 Å². The van der Waals surface area contributed by atoms with Crippen LogP contribution >= 0.6 is 24.0 Å². The third-order valence-corrected chi connectivity index (χ3v) is 5.01. The summed E-state index contributed by atoms with van der Waals surface area (Å²) in [6, 6.07) is 4.22. The highest BCUT2D eigenvalue weighted by Gasteiger charge is 2.15. The van der Waals surface area contributed by atoms with Crippen LogP contribution in [0.4, 0.5) is 0 Å². The largest absolute Gasteiger partial charge is 0.507 e. The van der Waals surface area contributed by atoms with Gasteiger partial charge in [0.25, 0.3) is 0 Å². The molecule has 1 aromatic carbocycles. The summed E-state index contributed by atoms with van der Waals surface area (Å²) in [7, 11) is 3.93. The molecular formula is C16H25NOS2. The molecule has 0 atom stereocenters. The molecular weight excluding hydrogens is 286 g/mol. The molecule has 1 rings (SSSR count). The van der Waals surface area contributed by atoms with Gasteiger partial charge in [0.2, 0.25) is 0 Å². The number of phenols is 1. The van der Waals surface area contributed by atoms with E-state index in [4.69, 9.17) is 12.2 Å². The van der Waals surface area contributed by atoms with Crippen molar-refractivity contribution in [2.75, 3.05) is 14.1 Å². The number of nitrogens with zero attached hydrogens (tertiary/aromatic N) is 1. The minimum Gasteiger partial charge on any atom is -0.507 e. The molecule has 0 saturated heterocycles. The summed E-state index contributed by atoms with van der Waals surface area (Å²) >= 11 is 6.97. The Morgan fingerprint density at radius 1 is 1.15 bits per heavy atom. The lowest BCUT2D eigenvalue weighted by molar-refractivity contribution is 0.454. The van der Waals surface area contributed by atoms with Gasteiger partial charge >= 0.3 is 0 Å². The number of thioether (sulfide) groups is 1. The number of rotatable bonds is 4. The summed E-state index contributed by atoms with van der Waals surface area (Å²) in [5, 5.41) is 10.4. The van der Waals surface area contributed by atoms with Crippen molar-refractivity contribution in [2.45, 2.75) is 45.3 Å². The van der Waals surface area contributed by atoms with Crippen LogP contribution in [0.1, 0.15) is 56.2 Å². The van der Waals surface area contributed by atoms with E-state index in [1.54, 1.807) is 11.8 Å². The van der Waals surface area contributed by atoms with E-state index in [2.05, 4.69) is 39.8 Å².